The summed E-state index contributed by atoms with van der Waals surface area (Å²) in [6.07, 6.45) is 14.7. The predicted octanol–water partition coefficient (Wildman–Crippen LogP) is 11.0. The summed E-state index contributed by atoms with van der Waals surface area (Å²) in [6.45, 7) is 10.3. The van der Waals surface area contributed by atoms with Crippen molar-refractivity contribution in [1.82, 2.24) is 0 Å². The first-order chi connectivity index (χ1) is 25.0. The first-order valence-corrected chi connectivity index (χ1v) is 18.7. The first-order valence-electron chi connectivity index (χ1n) is 18.7. The average Bonchev–Trinajstić information content (AvgIpc) is 3.11. The molecule has 0 radical (unpaired) electrons. The van der Waals surface area contributed by atoms with Crippen LogP contribution in [-0.4, -0.2) is 41.3 Å². The van der Waals surface area contributed by atoms with Crippen LogP contribution in [0, 0.1) is 10.1 Å². The Morgan fingerprint density at radius 1 is 0.827 bits per heavy atom. The van der Waals surface area contributed by atoms with Gasteiger partial charge < -0.3 is 25.1 Å². The topological polar surface area (TPSA) is 151 Å². The van der Waals surface area contributed by atoms with Gasteiger partial charge in [-0.05, 0) is 80.5 Å². The van der Waals surface area contributed by atoms with E-state index in [2.05, 4.69) is 13.5 Å². The number of carboxylic acids is 1. The van der Waals surface area contributed by atoms with E-state index in [0.717, 1.165) is 70.6 Å². The number of nitro groups is 1. The Kier molecular flexibility index (Phi) is 17.7. The SMILES string of the molecule is C=C(C)C(=O)OCCCCCCCCCCCOc1ccc(-c2cc(-c3cc([N+](=O)[O-])c(O[C@H](C)CCCCCC)cc3N)ccc2C(=O)O)cc1. The minimum absolute atomic E-state index is 0.103. The zero-order valence-electron chi connectivity index (χ0n) is 31.1. The molecule has 3 aromatic rings. The second kappa shape index (κ2) is 22.2. The zero-order chi connectivity index (χ0) is 37.9. The maximum absolute atomic E-state index is 12.2. The van der Waals surface area contributed by atoms with Gasteiger partial charge in [-0.25, -0.2) is 9.59 Å². The van der Waals surface area contributed by atoms with Crippen LogP contribution in [0.3, 0.4) is 0 Å². The number of anilines is 1. The molecule has 282 valence electrons. The molecule has 0 unspecified atom stereocenters. The quantitative estimate of drug-likeness (QED) is 0.0218. The van der Waals surface area contributed by atoms with E-state index in [9.17, 15) is 24.8 Å². The van der Waals surface area contributed by atoms with E-state index < -0.39 is 10.9 Å². The number of nitrogens with zero attached hydrogens (tertiary/aromatic N) is 1. The molecule has 0 bridgehead atoms. The number of carbonyl (C=O) groups is 2. The number of nitro benzene ring substituents is 1. The Morgan fingerprint density at radius 2 is 1.42 bits per heavy atom. The lowest BCUT2D eigenvalue weighted by molar-refractivity contribution is -0.386. The van der Waals surface area contributed by atoms with Crippen molar-refractivity contribution in [1.29, 1.82) is 0 Å². The monoisotopic (exact) mass is 716 g/mol. The summed E-state index contributed by atoms with van der Waals surface area (Å²) < 4.78 is 17.0. The molecule has 0 heterocycles. The van der Waals surface area contributed by atoms with E-state index in [-0.39, 0.29) is 29.1 Å². The molecule has 0 saturated carbocycles. The van der Waals surface area contributed by atoms with Crippen molar-refractivity contribution < 1.29 is 33.8 Å². The Balaban J connectivity index is 1.54. The van der Waals surface area contributed by atoms with Crippen molar-refractivity contribution >= 4 is 23.3 Å². The molecule has 3 aromatic carbocycles. The number of ether oxygens (including phenoxy) is 3. The van der Waals surface area contributed by atoms with Crippen LogP contribution in [0.4, 0.5) is 11.4 Å². The number of hydrogen-bond acceptors (Lipinski definition) is 8. The fraction of sp³-hybridized carbons (Fsp3) is 0.476. The highest BCUT2D eigenvalue weighted by molar-refractivity contribution is 5.98. The molecule has 1 atom stereocenters. The molecule has 0 amide bonds. The number of hydrogen-bond donors (Lipinski definition) is 2. The summed E-state index contributed by atoms with van der Waals surface area (Å²) in [7, 11) is 0. The van der Waals surface area contributed by atoms with Crippen molar-refractivity contribution in [2.24, 2.45) is 0 Å². The lowest BCUT2D eigenvalue weighted by Crippen LogP contribution is -2.13. The van der Waals surface area contributed by atoms with E-state index in [1.54, 1.807) is 19.1 Å². The number of aromatic carboxylic acids is 1. The highest BCUT2D eigenvalue weighted by atomic mass is 16.6. The molecule has 52 heavy (non-hydrogen) atoms. The lowest BCUT2D eigenvalue weighted by atomic mass is 9.93. The standard InChI is InChI=1S/C42H56N2O8/c1-5-6-7-15-18-31(4)52-40-29-38(43)37(28-39(40)44(48)49)33-21-24-35(41(45)46)36(27-33)32-19-22-34(23-20-32)50-25-16-13-11-9-8-10-12-14-17-26-51-42(47)30(2)3/h19-24,27-29,31H,2,5-18,25-26,43H2,1,3-4H3,(H,45,46)/t31-/m1/s1. The van der Waals surface area contributed by atoms with Crippen LogP contribution in [0.25, 0.3) is 22.3 Å². The van der Waals surface area contributed by atoms with Gasteiger partial charge >= 0.3 is 17.6 Å². The summed E-state index contributed by atoms with van der Waals surface area (Å²) in [5, 5.41) is 22.0. The van der Waals surface area contributed by atoms with E-state index in [1.807, 2.05) is 31.2 Å². The molecule has 3 rings (SSSR count). The van der Waals surface area contributed by atoms with Gasteiger partial charge in [0.25, 0.3) is 0 Å². The molecular weight excluding hydrogens is 660 g/mol. The minimum atomic E-state index is -1.08. The Morgan fingerprint density at radius 3 is 2.02 bits per heavy atom. The van der Waals surface area contributed by atoms with E-state index in [4.69, 9.17) is 19.9 Å². The third kappa shape index (κ3) is 13.7. The van der Waals surface area contributed by atoms with Crippen LogP contribution in [0.5, 0.6) is 11.5 Å². The van der Waals surface area contributed by atoms with Gasteiger partial charge in [-0.2, -0.15) is 0 Å². The van der Waals surface area contributed by atoms with Crippen molar-refractivity contribution in [2.45, 2.75) is 117 Å². The number of carboxylic acid groups (broad SMARTS) is 1. The summed E-state index contributed by atoms with van der Waals surface area (Å²) >= 11 is 0. The van der Waals surface area contributed by atoms with Gasteiger partial charge in [-0.3, -0.25) is 10.1 Å². The van der Waals surface area contributed by atoms with Crippen LogP contribution in [-0.2, 0) is 9.53 Å². The minimum Gasteiger partial charge on any atom is -0.494 e. The molecule has 0 spiro atoms. The number of nitrogen functional groups attached to an aromatic ring is 1. The fourth-order valence-corrected chi connectivity index (χ4v) is 5.99. The third-order valence-electron chi connectivity index (χ3n) is 8.99. The maximum atomic E-state index is 12.2. The zero-order valence-corrected chi connectivity index (χ0v) is 31.1. The molecule has 0 saturated heterocycles. The van der Waals surface area contributed by atoms with E-state index in [1.165, 1.54) is 37.5 Å². The Labute approximate surface area is 308 Å². The normalized spacial score (nSPS) is 11.5. The molecule has 0 aliphatic rings. The van der Waals surface area contributed by atoms with Crippen LogP contribution >= 0.6 is 0 Å². The third-order valence-corrected chi connectivity index (χ3v) is 8.99. The first kappa shape index (κ1) is 41.6. The lowest BCUT2D eigenvalue weighted by Gasteiger charge is -2.17. The molecule has 0 aliphatic carbocycles. The number of unbranched alkanes of at least 4 members (excludes halogenated alkanes) is 11. The molecule has 3 N–H and O–H groups in total. The largest absolute Gasteiger partial charge is 0.494 e. The van der Waals surface area contributed by atoms with Crippen molar-refractivity contribution in [3.63, 3.8) is 0 Å². The van der Waals surface area contributed by atoms with E-state index in [0.29, 0.717) is 52.5 Å². The highest BCUT2D eigenvalue weighted by Gasteiger charge is 2.22. The van der Waals surface area contributed by atoms with Gasteiger partial charge in [0, 0.05) is 29.0 Å². The van der Waals surface area contributed by atoms with Crippen LogP contribution < -0.4 is 15.2 Å². The molecular formula is C42H56N2O8. The molecule has 0 fully saturated rings. The fourth-order valence-electron chi connectivity index (χ4n) is 5.99. The summed E-state index contributed by atoms with van der Waals surface area (Å²) in [5.41, 5.74) is 9.19. The molecule has 0 aliphatic heterocycles. The average molecular weight is 717 g/mol. The van der Waals surface area contributed by atoms with Gasteiger partial charge in [0.05, 0.1) is 29.8 Å². The molecule has 0 aromatic heterocycles. The van der Waals surface area contributed by atoms with Gasteiger partial charge in [-0.1, -0.05) is 95.9 Å². The van der Waals surface area contributed by atoms with Crippen molar-refractivity contribution in [2.75, 3.05) is 18.9 Å². The number of carbonyl (C=O) groups excluding carboxylic acids is 1. The molecule has 10 heteroatoms. The molecule has 10 nitrogen and oxygen atoms in total. The predicted molar refractivity (Wildman–Crippen MR) is 207 cm³/mol. The summed E-state index contributed by atoms with van der Waals surface area (Å²) in [4.78, 5) is 35.2. The van der Waals surface area contributed by atoms with Crippen molar-refractivity contribution in [3.8, 4) is 33.8 Å². The van der Waals surface area contributed by atoms with Gasteiger partial charge in [0.15, 0.2) is 5.75 Å². The Bertz CT molecular complexity index is 1620. The van der Waals surface area contributed by atoms with E-state index >= 15 is 0 Å². The maximum Gasteiger partial charge on any atom is 0.336 e. The highest BCUT2D eigenvalue weighted by Crippen LogP contribution is 2.40. The van der Waals surface area contributed by atoms with Gasteiger partial charge in [0.2, 0.25) is 0 Å². The summed E-state index contributed by atoms with van der Waals surface area (Å²) in [6, 6.07) is 15.0. The van der Waals surface area contributed by atoms with Gasteiger partial charge in [0.1, 0.15) is 5.75 Å². The van der Waals surface area contributed by atoms with Crippen molar-refractivity contribution in [3.05, 3.63) is 82.4 Å². The number of esters is 1. The van der Waals surface area contributed by atoms with Crippen LogP contribution in [0.1, 0.15) is 121 Å². The number of nitrogens with two attached hydrogens (primary N) is 1. The second-order valence-corrected chi connectivity index (χ2v) is 13.5. The smallest absolute Gasteiger partial charge is 0.336 e. The number of rotatable bonds is 25. The van der Waals surface area contributed by atoms with Crippen LogP contribution in [0.2, 0.25) is 0 Å². The Hall–Kier alpha value is -4.86. The summed E-state index contributed by atoms with van der Waals surface area (Å²) in [5.74, 6) is -0.584. The number of benzene rings is 3. The van der Waals surface area contributed by atoms with Crippen LogP contribution in [0.15, 0.2) is 66.7 Å². The second-order valence-electron chi connectivity index (χ2n) is 13.5. The van der Waals surface area contributed by atoms with Gasteiger partial charge in [-0.15, -0.1) is 0 Å².